The second-order valence-corrected chi connectivity index (χ2v) is 27.5. The van der Waals surface area contributed by atoms with Crippen molar-refractivity contribution in [3.8, 4) is 17.6 Å². The Balaban J connectivity index is 0.000000155. The predicted octanol–water partition coefficient (Wildman–Crippen LogP) is 15.3. The molecule has 486 valence electrons. The van der Waals surface area contributed by atoms with Crippen molar-refractivity contribution < 1.29 is 66.7 Å². The zero-order valence-electron chi connectivity index (χ0n) is 54.8. The molecule has 11 aliphatic carbocycles. The van der Waals surface area contributed by atoms with Crippen LogP contribution in [0, 0.1) is 75.9 Å². The highest BCUT2D eigenvalue weighted by molar-refractivity contribution is 5.89. The number of fused-ring (bicyclic) bond motifs is 1. The van der Waals surface area contributed by atoms with Gasteiger partial charge in [-0.3, -0.25) is 14.4 Å². The van der Waals surface area contributed by atoms with Crippen LogP contribution in [0.2, 0.25) is 0 Å². The van der Waals surface area contributed by atoms with Crippen LogP contribution in [0.4, 0.5) is 0 Å². The molecule has 5 atom stereocenters. The zero-order chi connectivity index (χ0) is 66.0. The first kappa shape index (κ1) is 70.1. The SMILES string of the molecule is C=C(C)C(=O)OC1(C)C2CC3CC(C2)CC1C3.C=C(C)C(=O)OC1(CC)C2CC3CC(C2)CC1C3.C=C(C)C(=O)OC1(CC)CCCC1.C=C(C)C(=O)OC1C2CC3C1OC(=O)C3(C#N)C2.C=Cc1ccc(OC(C)=O)cc1.C=Cc1cccc(OC(C)=O)c1. The number of nitriles is 1. The highest BCUT2D eigenvalue weighted by atomic mass is 16.6. The highest BCUT2D eigenvalue weighted by Gasteiger charge is 2.72. The summed E-state index contributed by atoms with van der Waals surface area (Å²) in [5.74, 6) is 4.99. The van der Waals surface area contributed by atoms with Gasteiger partial charge >= 0.3 is 41.8 Å². The Morgan fingerprint density at radius 2 is 1.06 bits per heavy atom. The van der Waals surface area contributed by atoms with Crippen LogP contribution >= 0.6 is 0 Å². The number of esters is 7. The largest absolute Gasteiger partial charge is 0.457 e. The third kappa shape index (κ3) is 16.0. The van der Waals surface area contributed by atoms with Gasteiger partial charge in [0.2, 0.25) is 0 Å². The molecule has 15 nitrogen and oxygen atoms in total. The van der Waals surface area contributed by atoms with Gasteiger partial charge in [-0.25, -0.2) is 19.2 Å². The molecule has 0 radical (unpaired) electrons. The van der Waals surface area contributed by atoms with Gasteiger partial charge in [-0.15, -0.1) is 0 Å². The van der Waals surface area contributed by atoms with E-state index in [0.717, 1.165) is 66.9 Å². The average Bonchev–Trinajstić information content (AvgIpc) is 1.45. The van der Waals surface area contributed by atoms with Gasteiger partial charge in [-0.1, -0.05) is 89.7 Å². The summed E-state index contributed by atoms with van der Waals surface area (Å²) in [5, 5.41) is 9.22. The van der Waals surface area contributed by atoms with Crippen molar-refractivity contribution in [2.24, 2.45) is 64.6 Å². The van der Waals surface area contributed by atoms with E-state index < -0.39 is 29.6 Å². The number of hydrogen-bond acceptors (Lipinski definition) is 15. The van der Waals surface area contributed by atoms with Crippen LogP contribution in [0.5, 0.6) is 11.5 Å². The minimum atomic E-state index is -0.985. The van der Waals surface area contributed by atoms with Crippen molar-refractivity contribution in [3.05, 3.63) is 121 Å². The Bertz CT molecular complexity index is 3060. The molecule has 15 heteroatoms. The lowest BCUT2D eigenvalue weighted by atomic mass is 9.49. The fourth-order valence-electron chi connectivity index (χ4n) is 16.7. The lowest BCUT2D eigenvalue weighted by Gasteiger charge is -2.60. The molecular weight excluding hydrogens is 1140 g/mol. The summed E-state index contributed by atoms with van der Waals surface area (Å²) in [6.07, 6.45) is 23.1. The molecule has 90 heavy (non-hydrogen) atoms. The lowest BCUT2D eigenvalue weighted by molar-refractivity contribution is -0.207. The summed E-state index contributed by atoms with van der Waals surface area (Å²) in [4.78, 5) is 79.6. The Morgan fingerprint density at radius 3 is 1.50 bits per heavy atom. The molecule has 2 aromatic carbocycles. The standard InChI is InChI=1S/C16H24O2.C15H22O2.C13H13NO4.C11H18O2.2C10H10O2/c1-4-16(18-15(17)10(2)3)13-6-11-5-12(8-13)9-14(16)7-11;1-9(2)14(16)17-15(3)12-5-10-4-11(7-12)8-13(15)6-10;1-6(2)11(15)17-9-7-3-8-10(9)18-12(16)13(8,4-7)5-14;1-4-11(7-5-6-8-11)13-10(12)9(2)3;1-3-9-4-6-10(7-5-9)12-8(2)11;1-3-9-5-4-6-10(7-9)12-8(2)11/h11-14H,2,4-9H2,1,3H3;10-13H,1,4-8H2,2-3H3;7-10H,1,3-4H2,2H3;2,4-8H2,1,3H3;2*3-7H,1H2,2H3. The van der Waals surface area contributed by atoms with Crippen molar-refractivity contribution in [2.75, 3.05) is 0 Å². The normalized spacial score (nSPS) is 31.8. The van der Waals surface area contributed by atoms with Crippen LogP contribution < -0.4 is 9.47 Å². The number of carbonyl (C=O) groups excluding carboxylic acids is 7. The minimum Gasteiger partial charge on any atom is -0.457 e. The molecule has 2 aromatic rings. The van der Waals surface area contributed by atoms with Crippen LogP contribution in [-0.2, 0) is 57.2 Å². The Hall–Kier alpha value is -7.34. The molecule has 11 saturated carbocycles. The number of carbonyl (C=O) groups is 7. The van der Waals surface area contributed by atoms with E-state index in [0.29, 0.717) is 63.9 Å². The van der Waals surface area contributed by atoms with E-state index in [1.807, 2.05) is 24.3 Å². The molecule has 12 fully saturated rings. The summed E-state index contributed by atoms with van der Waals surface area (Å²) in [5.41, 5.74) is 2.31. The van der Waals surface area contributed by atoms with Crippen LogP contribution in [0.1, 0.15) is 189 Å². The number of nitrogens with zero attached hydrogens (tertiary/aromatic N) is 1. The van der Waals surface area contributed by atoms with Gasteiger partial charge in [0.1, 0.15) is 40.5 Å². The van der Waals surface area contributed by atoms with Crippen molar-refractivity contribution in [3.63, 3.8) is 0 Å². The highest BCUT2D eigenvalue weighted by Crippen LogP contribution is 2.63. The first-order chi connectivity index (χ1) is 42.6. The second-order valence-electron chi connectivity index (χ2n) is 27.5. The van der Waals surface area contributed by atoms with Gasteiger partial charge < -0.3 is 33.2 Å². The van der Waals surface area contributed by atoms with Crippen molar-refractivity contribution in [1.82, 2.24) is 0 Å². The van der Waals surface area contributed by atoms with Gasteiger partial charge in [0.05, 0.1) is 6.07 Å². The van der Waals surface area contributed by atoms with E-state index in [2.05, 4.69) is 66.3 Å². The van der Waals surface area contributed by atoms with Gasteiger partial charge in [0.15, 0.2) is 5.41 Å². The Morgan fingerprint density at radius 1 is 0.589 bits per heavy atom. The summed E-state index contributed by atoms with van der Waals surface area (Å²) in [7, 11) is 0. The lowest BCUT2D eigenvalue weighted by Crippen LogP contribution is -2.59. The Kier molecular flexibility index (Phi) is 23.2. The monoisotopic (exact) mass is 1240 g/mol. The van der Waals surface area contributed by atoms with Gasteiger partial charge in [0, 0.05) is 48.0 Å². The van der Waals surface area contributed by atoms with Gasteiger partial charge in [-0.2, -0.15) is 5.26 Å². The molecule has 5 unspecified atom stereocenters. The summed E-state index contributed by atoms with van der Waals surface area (Å²) in [6, 6.07) is 16.5. The summed E-state index contributed by atoms with van der Waals surface area (Å²) in [6.45, 7) is 37.7. The van der Waals surface area contributed by atoms with Crippen molar-refractivity contribution in [1.29, 1.82) is 5.26 Å². The minimum absolute atomic E-state index is 0.0504. The zero-order valence-corrected chi connectivity index (χ0v) is 54.8. The molecule has 12 aliphatic rings. The van der Waals surface area contributed by atoms with E-state index in [1.165, 1.54) is 90.9 Å². The molecule has 1 aliphatic heterocycles. The Labute approximate surface area is 534 Å². The molecule has 0 spiro atoms. The van der Waals surface area contributed by atoms with E-state index in [1.54, 1.807) is 64.1 Å². The third-order valence-electron chi connectivity index (χ3n) is 21.0. The molecule has 14 rings (SSSR count). The van der Waals surface area contributed by atoms with E-state index in [9.17, 15) is 38.8 Å². The summed E-state index contributed by atoms with van der Waals surface area (Å²) < 4.78 is 37.6. The predicted molar refractivity (Wildman–Crippen MR) is 344 cm³/mol. The van der Waals surface area contributed by atoms with Crippen molar-refractivity contribution in [2.45, 2.75) is 207 Å². The van der Waals surface area contributed by atoms with Gasteiger partial charge in [0.25, 0.3) is 0 Å². The maximum atomic E-state index is 12.0. The molecular formula is C75H97NO14. The summed E-state index contributed by atoms with van der Waals surface area (Å²) >= 11 is 0. The van der Waals surface area contributed by atoms with Crippen molar-refractivity contribution >= 4 is 53.9 Å². The number of rotatable bonds is 14. The van der Waals surface area contributed by atoms with Crippen LogP contribution in [-0.4, -0.2) is 70.8 Å². The fourth-order valence-corrected chi connectivity index (χ4v) is 16.7. The van der Waals surface area contributed by atoms with Crippen LogP contribution in [0.15, 0.2) is 110 Å². The molecule has 1 heterocycles. The van der Waals surface area contributed by atoms with E-state index in [-0.39, 0.29) is 58.5 Å². The molecule has 0 aromatic heterocycles. The molecule has 10 bridgehead atoms. The maximum absolute atomic E-state index is 12.0. The topological polar surface area (TPSA) is 208 Å². The number of ether oxygens (including phenoxy) is 7. The average molecular weight is 1240 g/mol. The smallest absolute Gasteiger partial charge is 0.333 e. The van der Waals surface area contributed by atoms with Gasteiger partial charge in [-0.05, 0) is 233 Å². The second kappa shape index (κ2) is 29.7. The first-order valence-corrected chi connectivity index (χ1v) is 32.5. The van der Waals surface area contributed by atoms with Crippen LogP contribution in [0.3, 0.4) is 0 Å². The maximum Gasteiger partial charge on any atom is 0.333 e. The molecule has 0 N–H and O–H groups in total. The van der Waals surface area contributed by atoms with Crippen LogP contribution in [0.25, 0.3) is 12.2 Å². The third-order valence-corrected chi connectivity index (χ3v) is 21.0. The van der Waals surface area contributed by atoms with E-state index >= 15 is 0 Å². The quantitative estimate of drug-likeness (QED) is 0.0746. The molecule has 1 saturated heterocycles. The van der Waals surface area contributed by atoms with E-state index in [4.69, 9.17) is 33.2 Å². The number of benzene rings is 2. The molecule has 0 amide bonds. The fraction of sp³-hybridized carbons (Fsp3) is 0.573. The number of hydrogen-bond donors (Lipinski definition) is 0. The first-order valence-electron chi connectivity index (χ1n) is 32.5.